The number of benzene rings is 1. The number of nitro groups is 1. The van der Waals surface area contributed by atoms with Crippen LogP contribution < -0.4 is 0 Å². The SMILES string of the molecule is O=[N+]([O-])c1c(C2CCCC2)nn(-c2ccccc2Br)c1Cl. The van der Waals surface area contributed by atoms with Crippen LogP contribution in [0.25, 0.3) is 5.69 Å². The van der Waals surface area contributed by atoms with Crippen molar-refractivity contribution in [2.75, 3.05) is 0 Å². The zero-order valence-electron chi connectivity index (χ0n) is 11.1. The van der Waals surface area contributed by atoms with Gasteiger partial charge in [0.05, 0.1) is 10.6 Å². The Hall–Kier alpha value is -1.40. The molecule has 1 aliphatic rings. The van der Waals surface area contributed by atoms with Crippen LogP contribution in [0.2, 0.25) is 5.15 Å². The standard InChI is InChI=1S/C14H13BrClN3O2/c15-10-7-3-4-8-11(10)18-14(16)13(19(20)21)12(17-18)9-5-1-2-6-9/h3-4,7-9H,1-2,5-6H2. The second-order valence-electron chi connectivity index (χ2n) is 5.13. The normalized spacial score (nSPS) is 15.5. The quantitative estimate of drug-likeness (QED) is 0.573. The van der Waals surface area contributed by atoms with E-state index in [4.69, 9.17) is 11.6 Å². The van der Waals surface area contributed by atoms with Crippen LogP contribution in [0.5, 0.6) is 0 Å². The third-order valence-corrected chi connectivity index (χ3v) is 4.85. The maximum Gasteiger partial charge on any atom is 0.329 e. The first-order valence-electron chi connectivity index (χ1n) is 6.77. The fraction of sp³-hybridized carbons (Fsp3) is 0.357. The van der Waals surface area contributed by atoms with Gasteiger partial charge in [-0.2, -0.15) is 5.10 Å². The van der Waals surface area contributed by atoms with Crippen molar-refractivity contribution in [1.29, 1.82) is 0 Å². The van der Waals surface area contributed by atoms with Gasteiger partial charge in [0.1, 0.15) is 5.69 Å². The number of para-hydroxylation sites is 1. The molecule has 0 N–H and O–H groups in total. The Balaban J connectivity index is 2.17. The van der Waals surface area contributed by atoms with Crippen LogP contribution in [0.4, 0.5) is 5.69 Å². The maximum atomic E-state index is 11.4. The average molecular weight is 371 g/mol. The topological polar surface area (TPSA) is 61.0 Å². The summed E-state index contributed by atoms with van der Waals surface area (Å²) in [5.41, 5.74) is 1.16. The zero-order valence-corrected chi connectivity index (χ0v) is 13.5. The Morgan fingerprint density at radius 1 is 1.33 bits per heavy atom. The minimum atomic E-state index is -0.420. The lowest BCUT2D eigenvalue weighted by molar-refractivity contribution is -0.385. The van der Waals surface area contributed by atoms with Crippen molar-refractivity contribution in [3.8, 4) is 5.69 Å². The number of rotatable bonds is 3. The van der Waals surface area contributed by atoms with Crippen LogP contribution in [-0.4, -0.2) is 14.7 Å². The van der Waals surface area contributed by atoms with E-state index >= 15 is 0 Å². The second kappa shape index (κ2) is 5.77. The van der Waals surface area contributed by atoms with Gasteiger partial charge in [-0.1, -0.05) is 36.6 Å². The maximum absolute atomic E-state index is 11.4. The van der Waals surface area contributed by atoms with Crippen molar-refractivity contribution < 1.29 is 4.92 Å². The van der Waals surface area contributed by atoms with E-state index in [0.717, 1.165) is 30.2 Å². The van der Waals surface area contributed by atoms with Crippen LogP contribution >= 0.6 is 27.5 Å². The summed E-state index contributed by atoms with van der Waals surface area (Å²) >= 11 is 9.68. The molecule has 2 aromatic rings. The lowest BCUT2D eigenvalue weighted by atomic mass is 10.0. The van der Waals surface area contributed by atoms with Gasteiger partial charge in [0.25, 0.3) is 0 Å². The van der Waals surface area contributed by atoms with Gasteiger partial charge in [-0.3, -0.25) is 10.1 Å². The summed E-state index contributed by atoms with van der Waals surface area (Å²) in [5, 5.41) is 15.9. The van der Waals surface area contributed by atoms with Gasteiger partial charge < -0.3 is 0 Å². The van der Waals surface area contributed by atoms with Gasteiger partial charge in [0.15, 0.2) is 0 Å². The molecule has 0 spiro atoms. The van der Waals surface area contributed by atoms with Crippen LogP contribution in [0.3, 0.4) is 0 Å². The van der Waals surface area contributed by atoms with Gasteiger partial charge >= 0.3 is 5.69 Å². The number of hydrogen-bond acceptors (Lipinski definition) is 3. The third-order valence-electron chi connectivity index (χ3n) is 3.84. The molecule has 0 radical (unpaired) electrons. The fourth-order valence-corrected chi connectivity index (χ4v) is 3.58. The van der Waals surface area contributed by atoms with Gasteiger partial charge in [0.2, 0.25) is 5.15 Å². The highest BCUT2D eigenvalue weighted by Crippen LogP contribution is 2.42. The van der Waals surface area contributed by atoms with E-state index in [0.29, 0.717) is 11.4 Å². The third kappa shape index (κ3) is 2.58. The molecular formula is C14H13BrClN3O2. The van der Waals surface area contributed by atoms with E-state index in [1.165, 1.54) is 4.68 Å². The average Bonchev–Trinajstić information content (AvgIpc) is 3.06. The highest BCUT2D eigenvalue weighted by molar-refractivity contribution is 9.10. The largest absolute Gasteiger partial charge is 0.329 e. The van der Waals surface area contributed by atoms with Gasteiger partial charge in [-0.25, -0.2) is 4.68 Å². The molecule has 0 aliphatic heterocycles. The highest BCUT2D eigenvalue weighted by Gasteiger charge is 2.33. The molecule has 1 heterocycles. The van der Waals surface area contributed by atoms with E-state index in [2.05, 4.69) is 21.0 Å². The molecule has 5 nitrogen and oxygen atoms in total. The lowest BCUT2D eigenvalue weighted by Gasteiger charge is -2.05. The van der Waals surface area contributed by atoms with Crippen LogP contribution in [0.15, 0.2) is 28.7 Å². The van der Waals surface area contributed by atoms with E-state index in [1.54, 1.807) is 0 Å². The first-order valence-corrected chi connectivity index (χ1v) is 7.94. The molecule has 110 valence electrons. The Morgan fingerprint density at radius 2 is 2.00 bits per heavy atom. The van der Waals surface area contributed by atoms with Crippen LogP contribution in [-0.2, 0) is 0 Å². The van der Waals surface area contributed by atoms with Gasteiger partial charge in [-0.15, -0.1) is 0 Å². The first-order chi connectivity index (χ1) is 10.1. The molecule has 0 amide bonds. The predicted molar refractivity (Wildman–Crippen MR) is 84.1 cm³/mol. The second-order valence-corrected chi connectivity index (χ2v) is 6.34. The van der Waals surface area contributed by atoms with Gasteiger partial charge in [0, 0.05) is 10.4 Å². The predicted octanol–water partition coefficient (Wildman–Crippen LogP) is 4.85. The molecule has 1 aromatic heterocycles. The molecule has 0 bridgehead atoms. The molecule has 0 unspecified atom stereocenters. The number of hydrogen-bond donors (Lipinski definition) is 0. The molecular weight excluding hydrogens is 358 g/mol. The fourth-order valence-electron chi connectivity index (χ4n) is 2.83. The van der Waals surface area contributed by atoms with Crippen molar-refractivity contribution in [3.63, 3.8) is 0 Å². The molecule has 21 heavy (non-hydrogen) atoms. The molecule has 0 saturated heterocycles. The summed E-state index contributed by atoms with van der Waals surface area (Å²) in [6.45, 7) is 0. The van der Waals surface area contributed by atoms with Gasteiger partial charge in [-0.05, 0) is 40.9 Å². The van der Waals surface area contributed by atoms with E-state index in [-0.39, 0.29) is 16.8 Å². The minimum absolute atomic E-state index is 0.0562. The highest BCUT2D eigenvalue weighted by atomic mass is 79.9. The summed E-state index contributed by atoms with van der Waals surface area (Å²) in [4.78, 5) is 11.0. The smallest absolute Gasteiger partial charge is 0.258 e. The Kier molecular flexibility index (Phi) is 3.99. The first kappa shape index (κ1) is 14.5. The van der Waals surface area contributed by atoms with E-state index in [9.17, 15) is 10.1 Å². The minimum Gasteiger partial charge on any atom is -0.258 e. The van der Waals surface area contributed by atoms with Crippen molar-refractivity contribution in [1.82, 2.24) is 9.78 Å². The summed E-state index contributed by atoms with van der Waals surface area (Å²) in [7, 11) is 0. The Morgan fingerprint density at radius 3 is 2.62 bits per heavy atom. The molecule has 1 saturated carbocycles. The molecule has 0 atom stereocenters. The summed E-state index contributed by atoms with van der Waals surface area (Å²) in [6.07, 6.45) is 4.04. The molecule has 3 rings (SSSR count). The monoisotopic (exact) mass is 369 g/mol. The van der Waals surface area contributed by atoms with Crippen molar-refractivity contribution >= 4 is 33.2 Å². The van der Waals surface area contributed by atoms with E-state index < -0.39 is 4.92 Å². The number of halogens is 2. The molecule has 7 heteroatoms. The van der Waals surface area contributed by atoms with Crippen molar-refractivity contribution in [2.45, 2.75) is 31.6 Å². The molecule has 1 fully saturated rings. The zero-order chi connectivity index (χ0) is 15.0. The Bertz CT molecular complexity index is 696. The number of nitrogens with zero attached hydrogens (tertiary/aromatic N) is 3. The summed E-state index contributed by atoms with van der Waals surface area (Å²) in [5.74, 6) is 0.131. The summed E-state index contributed by atoms with van der Waals surface area (Å²) < 4.78 is 2.25. The van der Waals surface area contributed by atoms with Crippen molar-refractivity contribution in [3.05, 3.63) is 49.7 Å². The lowest BCUT2D eigenvalue weighted by Crippen LogP contribution is -2.00. The van der Waals surface area contributed by atoms with Crippen LogP contribution in [0, 0.1) is 10.1 Å². The molecule has 1 aliphatic carbocycles. The molecule has 1 aromatic carbocycles. The Labute approximate surface area is 135 Å². The van der Waals surface area contributed by atoms with Crippen LogP contribution in [0.1, 0.15) is 37.3 Å². The van der Waals surface area contributed by atoms with E-state index in [1.807, 2.05) is 24.3 Å². The summed E-state index contributed by atoms with van der Waals surface area (Å²) in [6, 6.07) is 7.40. The van der Waals surface area contributed by atoms with Crippen molar-refractivity contribution in [2.24, 2.45) is 0 Å². The number of aromatic nitrogens is 2.